The van der Waals surface area contributed by atoms with E-state index in [2.05, 4.69) is 29.6 Å². The van der Waals surface area contributed by atoms with Crippen molar-refractivity contribution in [3.8, 4) is 0 Å². The van der Waals surface area contributed by atoms with Crippen LogP contribution in [0.4, 0.5) is 4.79 Å². The summed E-state index contributed by atoms with van der Waals surface area (Å²) in [7, 11) is -1.41. The van der Waals surface area contributed by atoms with E-state index in [-0.39, 0.29) is 23.7 Å². The van der Waals surface area contributed by atoms with Crippen molar-refractivity contribution in [1.29, 1.82) is 0 Å². The molecule has 23 heavy (non-hydrogen) atoms. The van der Waals surface area contributed by atoms with Crippen LogP contribution in [-0.2, 0) is 21.7 Å². The van der Waals surface area contributed by atoms with E-state index in [4.69, 9.17) is 0 Å². The number of nitrogens with one attached hydrogen (secondary N) is 1. The molecule has 0 heterocycles. The summed E-state index contributed by atoms with van der Waals surface area (Å²) in [4.78, 5) is 13.5. The largest absolute Gasteiger partial charge is 0.338 e. The van der Waals surface area contributed by atoms with Crippen molar-refractivity contribution in [2.45, 2.75) is 24.7 Å². The number of hydrogen-bond donors (Lipinski definition) is 1. The highest BCUT2D eigenvalue weighted by atomic mass is 32.2. The molecule has 1 aromatic carbocycles. The molecule has 0 radical (unpaired) electrons. The first-order valence-corrected chi connectivity index (χ1v) is 10.1. The van der Waals surface area contributed by atoms with Crippen molar-refractivity contribution in [3.05, 3.63) is 35.4 Å². The SMILES string of the molecule is CN(CCS(C)(=O)=O)C(=O)NC[C@H]1C[C@]12CCc1ccccc12. The van der Waals surface area contributed by atoms with Crippen LogP contribution in [0.2, 0.25) is 0 Å². The van der Waals surface area contributed by atoms with Crippen LogP contribution in [0, 0.1) is 5.92 Å². The molecular weight excluding hydrogens is 312 g/mol. The lowest BCUT2D eigenvalue weighted by Gasteiger charge is -2.18. The maximum atomic E-state index is 12.1. The van der Waals surface area contributed by atoms with E-state index in [0.717, 1.165) is 12.8 Å². The molecule has 5 nitrogen and oxygen atoms in total. The van der Waals surface area contributed by atoms with Gasteiger partial charge in [-0.05, 0) is 36.3 Å². The zero-order chi connectivity index (χ0) is 16.7. The molecule has 0 aromatic heterocycles. The van der Waals surface area contributed by atoms with Gasteiger partial charge in [0.1, 0.15) is 9.84 Å². The van der Waals surface area contributed by atoms with Gasteiger partial charge >= 0.3 is 6.03 Å². The van der Waals surface area contributed by atoms with Gasteiger partial charge in [-0.1, -0.05) is 24.3 Å². The quantitative estimate of drug-likeness (QED) is 0.888. The van der Waals surface area contributed by atoms with Crippen molar-refractivity contribution >= 4 is 15.9 Å². The van der Waals surface area contributed by atoms with Crippen LogP contribution in [-0.4, -0.2) is 51.5 Å². The van der Waals surface area contributed by atoms with Gasteiger partial charge in [-0.3, -0.25) is 0 Å². The Morgan fingerprint density at radius 3 is 2.87 bits per heavy atom. The summed E-state index contributed by atoms with van der Waals surface area (Å²) in [5.74, 6) is 0.496. The number of rotatable bonds is 5. The average molecular weight is 336 g/mol. The number of carbonyl (C=O) groups excluding carboxylic acids is 1. The number of aryl methyl sites for hydroxylation is 1. The van der Waals surface area contributed by atoms with Gasteiger partial charge in [0.05, 0.1) is 5.75 Å². The molecule has 0 aliphatic heterocycles. The van der Waals surface area contributed by atoms with Crippen LogP contribution in [0.5, 0.6) is 0 Å². The number of urea groups is 1. The highest BCUT2D eigenvalue weighted by Crippen LogP contribution is 2.61. The zero-order valence-corrected chi connectivity index (χ0v) is 14.5. The van der Waals surface area contributed by atoms with Gasteiger partial charge in [-0.2, -0.15) is 0 Å². The highest BCUT2D eigenvalue weighted by molar-refractivity contribution is 7.90. The van der Waals surface area contributed by atoms with E-state index in [1.165, 1.54) is 28.7 Å². The first-order chi connectivity index (χ1) is 10.8. The normalized spacial score (nSPS) is 25.2. The molecule has 1 saturated carbocycles. The van der Waals surface area contributed by atoms with E-state index >= 15 is 0 Å². The standard InChI is InChI=1S/C17H24N2O3S/c1-19(9-10-23(2,21)22)16(20)18-12-14-11-17(14)8-7-13-5-3-4-6-15(13)17/h3-6,14H,7-12H2,1-2H3,(H,18,20)/t14-,17-/m1/s1. The van der Waals surface area contributed by atoms with E-state index < -0.39 is 9.84 Å². The van der Waals surface area contributed by atoms with Crippen molar-refractivity contribution in [2.75, 3.05) is 32.1 Å². The topological polar surface area (TPSA) is 66.5 Å². The van der Waals surface area contributed by atoms with Gasteiger partial charge in [-0.15, -0.1) is 0 Å². The molecule has 1 fully saturated rings. The summed E-state index contributed by atoms with van der Waals surface area (Å²) in [6, 6.07) is 8.42. The Bertz CT molecular complexity index is 716. The van der Waals surface area contributed by atoms with Crippen LogP contribution in [0.15, 0.2) is 24.3 Å². The molecule has 2 atom stereocenters. The Morgan fingerprint density at radius 1 is 1.39 bits per heavy atom. The molecule has 2 amide bonds. The van der Waals surface area contributed by atoms with Crippen molar-refractivity contribution in [3.63, 3.8) is 0 Å². The summed E-state index contributed by atoms with van der Waals surface area (Å²) >= 11 is 0. The van der Waals surface area contributed by atoms with Gasteiger partial charge in [0, 0.05) is 31.8 Å². The number of sulfone groups is 1. The molecule has 6 heteroatoms. The maximum Gasteiger partial charge on any atom is 0.317 e. The minimum atomic E-state index is -3.04. The van der Waals surface area contributed by atoms with E-state index in [1.807, 2.05) is 0 Å². The average Bonchev–Trinajstić information content (AvgIpc) is 3.09. The minimum Gasteiger partial charge on any atom is -0.338 e. The maximum absolute atomic E-state index is 12.1. The Labute approximate surface area is 138 Å². The van der Waals surface area contributed by atoms with Crippen LogP contribution in [0.3, 0.4) is 0 Å². The predicted octanol–water partition coefficient (Wildman–Crippen LogP) is 1.58. The number of amides is 2. The Hall–Kier alpha value is -1.56. The van der Waals surface area contributed by atoms with Crippen molar-refractivity contribution < 1.29 is 13.2 Å². The first kappa shape index (κ1) is 16.3. The van der Waals surface area contributed by atoms with Gasteiger partial charge in [-0.25, -0.2) is 13.2 Å². The molecule has 3 rings (SSSR count). The Morgan fingerprint density at radius 2 is 2.13 bits per heavy atom. The fourth-order valence-electron chi connectivity index (χ4n) is 3.75. The second-order valence-electron chi connectivity index (χ2n) is 6.95. The number of nitrogens with zero attached hydrogens (tertiary/aromatic N) is 1. The summed E-state index contributed by atoms with van der Waals surface area (Å²) in [6.45, 7) is 0.889. The second kappa shape index (κ2) is 5.82. The Balaban J connectivity index is 1.50. The number of benzene rings is 1. The molecule has 1 aromatic rings. The van der Waals surface area contributed by atoms with E-state index in [1.54, 1.807) is 7.05 Å². The highest BCUT2D eigenvalue weighted by Gasteiger charge is 2.57. The van der Waals surface area contributed by atoms with Gasteiger partial charge in [0.15, 0.2) is 0 Å². The molecule has 0 saturated heterocycles. The van der Waals surface area contributed by atoms with Crippen LogP contribution < -0.4 is 5.32 Å². The summed E-state index contributed by atoms with van der Waals surface area (Å²) in [5, 5.41) is 2.95. The monoisotopic (exact) mass is 336 g/mol. The molecule has 1 spiro atoms. The van der Waals surface area contributed by atoms with Crippen LogP contribution in [0.25, 0.3) is 0 Å². The molecule has 2 aliphatic carbocycles. The molecule has 126 valence electrons. The fourth-order valence-corrected chi connectivity index (χ4v) is 4.36. The van der Waals surface area contributed by atoms with Crippen LogP contribution >= 0.6 is 0 Å². The van der Waals surface area contributed by atoms with Crippen molar-refractivity contribution in [2.24, 2.45) is 5.92 Å². The number of hydrogen-bond acceptors (Lipinski definition) is 3. The molecule has 1 N–H and O–H groups in total. The summed E-state index contributed by atoms with van der Waals surface area (Å²) in [5.41, 5.74) is 3.19. The lowest BCUT2D eigenvalue weighted by atomic mass is 9.95. The van der Waals surface area contributed by atoms with Gasteiger partial charge in [0.2, 0.25) is 0 Å². The van der Waals surface area contributed by atoms with Crippen molar-refractivity contribution in [1.82, 2.24) is 10.2 Å². The molecule has 2 aliphatic rings. The number of fused-ring (bicyclic) bond motifs is 2. The molecule has 0 unspecified atom stereocenters. The lowest BCUT2D eigenvalue weighted by molar-refractivity contribution is 0.210. The van der Waals surface area contributed by atoms with E-state index in [9.17, 15) is 13.2 Å². The fraction of sp³-hybridized carbons (Fsp3) is 0.588. The minimum absolute atomic E-state index is 0.00232. The number of carbonyl (C=O) groups is 1. The van der Waals surface area contributed by atoms with Crippen LogP contribution in [0.1, 0.15) is 24.0 Å². The molecule has 0 bridgehead atoms. The molecular formula is C17H24N2O3S. The smallest absolute Gasteiger partial charge is 0.317 e. The summed E-state index contributed by atoms with van der Waals surface area (Å²) in [6.07, 6.45) is 4.63. The third kappa shape index (κ3) is 3.37. The third-order valence-corrected chi connectivity index (χ3v) is 6.19. The first-order valence-electron chi connectivity index (χ1n) is 8.07. The zero-order valence-electron chi connectivity index (χ0n) is 13.7. The van der Waals surface area contributed by atoms with Gasteiger partial charge < -0.3 is 10.2 Å². The second-order valence-corrected chi connectivity index (χ2v) is 9.21. The summed E-state index contributed by atoms with van der Waals surface area (Å²) < 4.78 is 22.3. The predicted molar refractivity (Wildman–Crippen MR) is 90.3 cm³/mol. The third-order valence-electron chi connectivity index (χ3n) is 5.27. The van der Waals surface area contributed by atoms with E-state index in [0.29, 0.717) is 12.5 Å². The Kier molecular flexibility index (Phi) is 4.12. The van der Waals surface area contributed by atoms with Gasteiger partial charge in [0.25, 0.3) is 0 Å². The lowest BCUT2D eigenvalue weighted by Crippen LogP contribution is -2.40.